The Kier molecular flexibility index (Phi) is 6.17. The SMILES string of the molecule is C[C@]1(O)C(NC(=O)c2cccc3c(C#N)cccc23)CN2C(N)=NC(CNC(=O)c3cnccn3)C3N=C(N)N(O)C321. The smallest absolute Gasteiger partial charge is 0.271 e. The third-order valence-corrected chi connectivity index (χ3v) is 8.22. The van der Waals surface area contributed by atoms with Crippen LogP contribution >= 0.6 is 0 Å². The van der Waals surface area contributed by atoms with Gasteiger partial charge in [0.1, 0.15) is 17.3 Å². The van der Waals surface area contributed by atoms with E-state index in [1.165, 1.54) is 30.4 Å². The van der Waals surface area contributed by atoms with Crippen molar-refractivity contribution in [3.05, 3.63) is 71.8 Å². The summed E-state index contributed by atoms with van der Waals surface area (Å²) in [5, 5.41) is 40.3. The molecule has 42 heavy (non-hydrogen) atoms. The number of carbonyl (C=O) groups is 2. The Morgan fingerprint density at radius 2 is 1.88 bits per heavy atom. The number of amides is 2. The first-order valence-electron chi connectivity index (χ1n) is 13.0. The number of hydrogen-bond acceptors (Lipinski definition) is 13. The van der Waals surface area contributed by atoms with Crippen LogP contribution in [0.3, 0.4) is 0 Å². The summed E-state index contributed by atoms with van der Waals surface area (Å²) in [6.07, 6.45) is 4.13. The molecule has 2 aromatic carbocycles. The maximum absolute atomic E-state index is 13.6. The van der Waals surface area contributed by atoms with Crippen molar-refractivity contribution in [1.82, 2.24) is 30.6 Å². The topological polar surface area (TPSA) is 231 Å². The number of fused-ring (bicyclic) bond motifs is 1. The molecule has 0 saturated carbocycles. The fourth-order valence-corrected chi connectivity index (χ4v) is 6.23. The molecule has 15 heteroatoms. The molecule has 0 aliphatic carbocycles. The molecule has 1 fully saturated rings. The van der Waals surface area contributed by atoms with E-state index in [1.807, 2.05) is 0 Å². The number of aromatic nitrogens is 2. The summed E-state index contributed by atoms with van der Waals surface area (Å²) in [5.41, 5.74) is 9.60. The highest BCUT2D eigenvalue weighted by atomic mass is 16.5. The third kappa shape index (κ3) is 3.73. The van der Waals surface area contributed by atoms with E-state index >= 15 is 0 Å². The van der Waals surface area contributed by atoms with Crippen LogP contribution in [0, 0.1) is 11.3 Å². The molecule has 1 aromatic heterocycles. The van der Waals surface area contributed by atoms with Crippen molar-refractivity contribution in [2.45, 2.75) is 36.3 Å². The van der Waals surface area contributed by atoms with E-state index in [0.717, 1.165) is 0 Å². The highest BCUT2D eigenvalue weighted by molar-refractivity contribution is 6.08. The number of benzene rings is 2. The standard InChI is InChI=1S/C27H27N11O4/c1-26(41)20(35-22(39)17-7-3-5-15-14(10-28)4-2-6-16(15)17)13-37-24(29)34-18(21-27(26,37)38(42)25(30)36-21)12-33-23(40)19-11-31-8-9-32-19/h2-9,11,18,20-21,41-42H,12-13H2,1H3,(H2,29,34)(H2,30,36)(H,33,40)(H,35,39)/t18?,20?,21?,26-,27?/m0/s1. The molecule has 3 aromatic rings. The number of nitrogens with two attached hydrogens (primary N) is 2. The fraction of sp³-hybridized carbons (Fsp3) is 0.296. The largest absolute Gasteiger partial charge is 0.383 e. The van der Waals surface area contributed by atoms with Crippen molar-refractivity contribution in [2.75, 3.05) is 13.1 Å². The lowest BCUT2D eigenvalue weighted by Crippen LogP contribution is -2.77. The maximum Gasteiger partial charge on any atom is 0.271 e. The summed E-state index contributed by atoms with van der Waals surface area (Å²) in [6.45, 7) is 1.33. The number of nitrogens with one attached hydrogen (secondary N) is 2. The number of aliphatic hydroxyl groups is 1. The second kappa shape index (κ2) is 9.65. The molecule has 1 spiro atoms. The minimum atomic E-state index is -1.90. The van der Waals surface area contributed by atoms with Crippen LogP contribution in [0.2, 0.25) is 0 Å². The van der Waals surface area contributed by atoms with Gasteiger partial charge in [0, 0.05) is 36.4 Å². The Hall–Kier alpha value is -5.33. The molecule has 5 atom stereocenters. The second-order valence-corrected chi connectivity index (χ2v) is 10.4. The highest BCUT2D eigenvalue weighted by Crippen LogP contribution is 2.49. The number of rotatable bonds is 5. The van der Waals surface area contributed by atoms with Gasteiger partial charge in [0.25, 0.3) is 11.8 Å². The Morgan fingerprint density at radius 1 is 1.12 bits per heavy atom. The minimum absolute atomic E-state index is 0.0443. The van der Waals surface area contributed by atoms with Crippen LogP contribution in [0.4, 0.5) is 0 Å². The van der Waals surface area contributed by atoms with E-state index in [4.69, 9.17) is 11.5 Å². The Balaban J connectivity index is 1.31. The first kappa shape index (κ1) is 26.9. The van der Waals surface area contributed by atoms with Gasteiger partial charge in [-0.3, -0.25) is 19.8 Å². The summed E-state index contributed by atoms with van der Waals surface area (Å²) < 4.78 is 0. The molecule has 0 bridgehead atoms. The number of nitriles is 1. The zero-order valence-electron chi connectivity index (χ0n) is 22.3. The molecule has 1 saturated heterocycles. The van der Waals surface area contributed by atoms with Gasteiger partial charge in [0.2, 0.25) is 5.96 Å². The van der Waals surface area contributed by atoms with E-state index in [-0.39, 0.29) is 30.7 Å². The molecule has 15 nitrogen and oxygen atoms in total. The van der Waals surface area contributed by atoms with Crippen molar-refractivity contribution in [1.29, 1.82) is 5.26 Å². The first-order valence-corrected chi connectivity index (χ1v) is 13.0. The molecule has 8 N–H and O–H groups in total. The van der Waals surface area contributed by atoms with Gasteiger partial charge in [-0.1, -0.05) is 24.3 Å². The van der Waals surface area contributed by atoms with Gasteiger partial charge in [-0.2, -0.15) is 10.3 Å². The molecule has 4 unspecified atom stereocenters. The molecule has 3 aliphatic rings. The number of hydrogen-bond donors (Lipinski definition) is 6. The highest BCUT2D eigenvalue weighted by Gasteiger charge is 2.74. The van der Waals surface area contributed by atoms with E-state index in [1.54, 1.807) is 36.4 Å². The van der Waals surface area contributed by atoms with Crippen LogP contribution in [0.5, 0.6) is 0 Å². The number of carbonyl (C=O) groups excluding carboxylic acids is 2. The maximum atomic E-state index is 13.6. The molecule has 3 aliphatic heterocycles. The quantitative estimate of drug-likeness (QED) is 0.215. The molecule has 0 radical (unpaired) electrons. The number of hydroxylamine groups is 2. The predicted molar refractivity (Wildman–Crippen MR) is 149 cm³/mol. The molecular formula is C27H27N11O4. The van der Waals surface area contributed by atoms with Crippen LogP contribution in [0.1, 0.15) is 33.3 Å². The van der Waals surface area contributed by atoms with E-state index < -0.39 is 41.2 Å². The monoisotopic (exact) mass is 569 g/mol. The number of nitrogens with zero attached hydrogens (tertiary/aromatic N) is 7. The first-order chi connectivity index (χ1) is 20.1. The summed E-state index contributed by atoms with van der Waals surface area (Å²) in [6, 6.07) is 9.44. The van der Waals surface area contributed by atoms with Gasteiger partial charge in [-0.05, 0) is 24.4 Å². The summed E-state index contributed by atoms with van der Waals surface area (Å²) in [5.74, 6) is -1.35. The Bertz CT molecular complexity index is 1700. The minimum Gasteiger partial charge on any atom is -0.383 e. The van der Waals surface area contributed by atoms with Gasteiger partial charge in [-0.25, -0.2) is 15.0 Å². The molecule has 214 valence electrons. The number of aliphatic imine (C=N–C) groups is 2. The van der Waals surface area contributed by atoms with E-state index in [9.17, 15) is 25.2 Å². The van der Waals surface area contributed by atoms with Crippen molar-refractivity contribution in [3.63, 3.8) is 0 Å². The van der Waals surface area contributed by atoms with Crippen molar-refractivity contribution in [2.24, 2.45) is 21.5 Å². The van der Waals surface area contributed by atoms with Gasteiger partial charge < -0.3 is 32.1 Å². The van der Waals surface area contributed by atoms with Gasteiger partial charge in [0.15, 0.2) is 11.6 Å². The summed E-state index contributed by atoms with van der Waals surface area (Å²) >= 11 is 0. The van der Waals surface area contributed by atoms with E-state index in [0.29, 0.717) is 27.0 Å². The van der Waals surface area contributed by atoms with E-state index in [2.05, 4.69) is 36.7 Å². The van der Waals surface area contributed by atoms with Crippen LogP contribution < -0.4 is 22.1 Å². The average molecular weight is 570 g/mol. The van der Waals surface area contributed by atoms with Crippen molar-refractivity contribution >= 4 is 34.5 Å². The van der Waals surface area contributed by atoms with Crippen LogP contribution in [0.25, 0.3) is 10.8 Å². The molecule has 6 rings (SSSR count). The van der Waals surface area contributed by atoms with Crippen molar-refractivity contribution < 1.29 is 19.9 Å². The zero-order chi connectivity index (χ0) is 29.8. The zero-order valence-corrected chi connectivity index (χ0v) is 22.3. The van der Waals surface area contributed by atoms with Gasteiger partial charge in [-0.15, -0.1) is 0 Å². The van der Waals surface area contributed by atoms with Crippen molar-refractivity contribution in [3.8, 4) is 6.07 Å². The Labute approximate surface area is 239 Å². The Morgan fingerprint density at radius 3 is 2.62 bits per heavy atom. The lowest BCUT2D eigenvalue weighted by atomic mass is 9.78. The summed E-state index contributed by atoms with van der Waals surface area (Å²) in [7, 11) is 0. The molecule has 4 heterocycles. The van der Waals surface area contributed by atoms with Crippen LogP contribution in [-0.4, -0.2) is 96.5 Å². The van der Waals surface area contributed by atoms with Gasteiger partial charge in [0.05, 0.1) is 29.9 Å². The normalized spacial score (nSPS) is 27.9. The lowest BCUT2D eigenvalue weighted by molar-refractivity contribution is -0.218. The number of guanidine groups is 2. The molecular weight excluding hydrogens is 542 g/mol. The second-order valence-electron chi connectivity index (χ2n) is 10.4. The predicted octanol–water partition coefficient (Wildman–Crippen LogP) is -1.12. The van der Waals surface area contributed by atoms with Gasteiger partial charge >= 0.3 is 0 Å². The molecule has 2 amide bonds. The lowest BCUT2D eigenvalue weighted by Gasteiger charge is -2.52. The fourth-order valence-electron chi connectivity index (χ4n) is 6.23. The third-order valence-electron chi connectivity index (χ3n) is 8.22. The summed E-state index contributed by atoms with van der Waals surface area (Å²) in [4.78, 5) is 44.5. The average Bonchev–Trinajstić information content (AvgIpc) is 3.40. The van der Waals surface area contributed by atoms with Crippen LogP contribution in [-0.2, 0) is 0 Å². The van der Waals surface area contributed by atoms with Crippen LogP contribution in [0.15, 0.2) is 65.0 Å².